The summed E-state index contributed by atoms with van der Waals surface area (Å²) in [6, 6.07) is 1.38. The van der Waals surface area contributed by atoms with Gasteiger partial charge >= 0.3 is 0 Å². The molecule has 0 saturated heterocycles. The van der Waals surface area contributed by atoms with E-state index in [9.17, 15) is 4.79 Å². The van der Waals surface area contributed by atoms with Crippen LogP contribution < -0.4 is 5.56 Å². The molecule has 0 bridgehead atoms. The third kappa shape index (κ3) is 3.63. The summed E-state index contributed by atoms with van der Waals surface area (Å²) in [5.41, 5.74) is 0.158. The molecule has 90 valence electrons. The number of aryl methyl sites for hydroxylation is 1. The molecule has 0 aliphatic rings. The van der Waals surface area contributed by atoms with E-state index in [0.29, 0.717) is 6.54 Å². The van der Waals surface area contributed by atoms with Gasteiger partial charge in [0.1, 0.15) is 11.0 Å². The molecular weight excluding hydrogens is 224 g/mol. The Hall–Kier alpha value is -0.830. The van der Waals surface area contributed by atoms with E-state index in [1.807, 2.05) is 6.92 Å². The molecule has 1 aromatic heterocycles. The summed E-state index contributed by atoms with van der Waals surface area (Å²) in [7, 11) is 0. The number of nitrogens with zero attached hydrogens (tertiary/aromatic N) is 2. The Labute approximate surface area is 101 Å². The molecule has 0 spiro atoms. The van der Waals surface area contributed by atoms with Crippen LogP contribution in [0.4, 0.5) is 0 Å². The molecule has 1 rings (SSSR count). The van der Waals surface area contributed by atoms with Crippen LogP contribution in [0.3, 0.4) is 0 Å². The van der Waals surface area contributed by atoms with Gasteiger partial charge < -0.3 is 0 Å². The normalized spacial score (nSPS) is 11.8. The van der Waals surface area contributed by atoms with Crippen LogP contribution in [0.5, 0.6) is 0 Å². The fraction of sp³-hybridized carbons (Fsp3) is 0.667. The largest absolute Gasteiger partial charge is 0.297 e. The maximum Gasteiger partial charge on any atom is 0.254 e. The monoisotopic (exact) mass is 242 g/mol. The van der Waals surface area contributed by atoms with Crippen LogP contribution in [-0.2, 0) is 13.0 Å². The Morgan fingerprint density at radius 3 is 2.56 bits per heavy atom. The lowest BCUT2D eigenvalue weighted by atomic mass is 9.92. The molecule has 0 amide bonds. The Kier molecular flexibility index (Phi) is 4.14. The molecule has 0 N–H and O–H groups in total. The second kappa shape index (κ2) is 5.00. The van der Waals surface area contributed by atoms with Gasteiger partial charge in [-0.2, -0.15) is 0 Å². The molecule has 0 atom stereocenters. The third-order valence-electron chi connectivity index (χ3n) is 2.46. The Balaban J connectivity index is 2.99. The van der Waals surface area contributed by atoms with Crippen LogP contribution in [0.15, 0.2) is 10.9 Å². The van der Waals surface area contributed by atoms with E-state index in [4.69, 9.17) is 11.6 Å². The molecule has 0 aromatic carbocycles. The van der Waals surface area contributed by atoms with Crippen molar-refractivity contribution >= 4 is 11.6 Å². The number of aromatic nitrogens is 2. The molecule has 0 saturated carbocycles. The number of halogens is 1. The highest BCUT2D eigenvalue weighted by atomic mass is 35.5. The van der Waals surface area contributed by atoms with E-state index in [1.165, 1.54) is 6.07 Å². The second-order valence-corrected chi connectivity index (χ2v) is 5.54. The lowest BCUT2D eigenvalue weighted by Crippen LogP contribution is -2.26. The number of hydrogen-bond donors (Lipinski definition) is 0. The maximum absolute atomic E-state index is 11.8. The quantitative estimate of drug-likeness (QED) is 0.764. The van der Waals surface area contributed by atoms with Crippen molar-refractivity contribution in [3.05, 3.63) is 27.4 Å². The van der Waals surface area contributed by atoms with Crippen molar-refractivity contribution in [1.29, 1.82) is 0 Å². The lowest BCUT2D eigenvalue weighted by molar-refractivity contribution is 0.343. The number of rotatable bonds is 3. The van der Waals surface area contributed by atoms with Gasteiger partial charge in [0.05, 0.1) is 0 Å². The molecule has 3 nitrogen and oxygen atoms in total. The Bertz CT molecular complexity index is 418. The first-order chi connectivity index (χ1) is 7.33. The highest BCUT2D eigenvalue weighted by molar-refractivity contribution is 6.29. The Morgan fingerprint density at radius 1 is 1.44 bits per heavy atom. The topological polar surface area (TPSA) is 34.9 Å². The summed E-state index contributed by atoms with van der Waals surface area (Å²) in [5, 5.41) is 0.286. The zero-order chi connectivity index (χ0) is 12.3. The van der Waals surface area contributed by atoms with Crippen molar-refractivity contribution in [3.63, 3.8) is 0 Å². The van der Waals surface area contributed by atoms with E-state index in [2.05, 4.69) is 25.8 Å². The summed E-state index contributed by atoms with van der Waals surface area (Å²) in [6.45, 7) is 9.16. The van der Waals surface area contributed by atoms with E-state index in [1.54, 1.807) is 4.57 Å². The summed E-state index contributed by atoms with van der Waals surface area (Å²) >= 11 is 5.77. The van der Waals surface area contributed by atoms with Crippen LogP contribution in [0.25, 0.3) is 0 Å². The second-order valence-electron chi connectivity index (χ2n) is 5.15. The van der Waals surface area contributed by atoms with Crippen molar-refractivity contribution in [2.45, 2.75) is 47.1 Å². The van der Waals surface area contributed by atoms with Crippen LogP contribution in [-0.4, -0.2) is 9.55 Å². The predicted molar refractivity (Wildman–Crippen MR) is 67.0 cm³/mol. The zero-order valence-corrected chi connectivity index (χ0v) is 11.1. The highest BCUT2D eigenvalue weighted by Gasteiger charge is 2.12. The van der Waals surface area contributed by atoms with E-state index >= 15 is 0 Å². The zero-order valence-electron chi connectivity index (χ0n) is 10.4. The first-order valence-corrected chi connectivity index (χ1v) is 5.97. The summed E-state index contributed by atoms with van der Waals surface area (Å²) in [4.78, 5) is 16.0. The van der Waals surface area contributed by atoms with Gasteiger partial charge in [-0.3, -0.25) is 9.36 Å². The first kappa shape index (κ1) is 13.2. The van der Waals surface area contributed by atoms with E-state index < -0.39 is 0 Å². The maximum atomic E-state index is 11.8. The minimum Gasteiger partial charge on any atom is -0.297 e. The van der Waals surface area contributed by atoms with Gasteiger partial charge in [-0.25, -0.2) is 4.98 Å². The fourth-order valence-electron chi connectivity index (χ4n) is 1.48. The van der Waals surface area contributed by atoms with Crippen LogP contribution in [0.1, 0.15) is 39.9 Å². The smallest absolute Gasteiger partial charge is 0.254 e. The Morgan fingerprint density at radius 2 is 2.06 bits per heavy atom. The van der Waals surface area contributed by atoms with Crippen molar-refractivity contribution in [3.8, 4) is 0 Å². The molecule has 0 fully saturated rings. The SMILES string of the molecule is CCc1nc(Cl)cc(=O)n1CCC(C)(C)C. The highest BCUT2D eigenvalue weighted by Crippen LogP contribution is 2.19. The van der Waals surface area contributed by atoms with E-state index in [0.717, 1.165) is 18.7 Å². The standard InChI is InChI=1S/C12H19ClN2O/c1-5-10-14-9(13)8-11(16)15(10)7-6-12(2,3)4/h8H,5-7H2,1-4H3. The van der Waals surface area contributed by atoms with Gasteiger partial charge in [-0.1, -0.05) is 39.3 Å². The van der Waals surface area contributed by atoms with Crippen LogP contribution in [0, 0.1) is 5.41 Å². The third-order valence-corrected chi connectivity index (χ3v) is 2.65. The van der Waals surface area contributed by atoms with Gasteiger partial charge in [0.25, 0.3) is 5.56 Å². The number of hydrogen-bond acceptors (Lipinski definition) is 2. The molecule has 0 unspecified atom stereocenters. The molecule has 1 aromatic rings. The van der Waals surface area contributed by atoms with Gasteiger partial charge in [0, 0.05) is 19.0 Å². The molecule has 0 aliphatic carbocycles. The molecule has 4 heteroatoms. The van der Waals surface area contributed by atoms with Crippen molar-refractivity contribution in [1.82, 2.24) is 9.55 Å². The molecule has 16 heavy (non-hydrogen) atoms. The van der Waals surface area contributed by atoms with E-state index in [-0.39, 0.29) is 16.1 Å². The van der Waals surface area contributed by atoms with Crippen molar-refractivity contribution in [2.75, 3.05) is 0 Å². The average Bonchev–Trinajstić information content (AvgIpc) is 2.13. The summed E-state index contributed by atoms with van der Waals surface area (Å²) < 4.78 is 1.72. The minimum atomic E-state index is -0.0545. The van der Waals surface area contributed by atoms with Gasteiger partial charge in [0.15, 0.2) is 0 Å². The fourth-order valence-corrected chi connectivity index (χ4v) is 1.67. The van der Waals surface area contributed by atoms with Crippen LogP contribution >= 0.6 is 11.6 Å². The average molecular weight is 243 g/mol. The lowest BCUT2D eigenvalue weighted by Gasteiger charge is -2.19. The molecule has 0 aliphatic heterocycles. The molecular formula is C12H19ClN2O. The van der Waals surface area contributed by atoms with Gasteiger partial charge in [-0.05, 0) is 11.8 Å². The van der Waals surface area contributed by atoms with Gasteiger partial charge in [-0.15, -0.1) is 0 Å². The molecule has 1 heterocycles. The van der Waals surface area contributed by atoms with Crippen molar-refractivity contribution < 1.29 is 0 Å². The van der Waals surface area contributed by atoms with Crippen LogP contribution in [0.2, 0.25) is 5.15 Å². The summed E-state index contributed by atoms with van der Waals surface area (Å²) in [5.74, 6) is 0.766. The minimum absolute atomic E-state index is 0.0545. The molecule has 0 radical (unpaired) electrons. The summed E-state index contributed by atoms with van der Waals surface area (Å²) in [6.07, 6.45) is 1.67. The van der Waals surface area contributed by atoms with Crippen molar-refractivity contribution in [2.24, 2.45) is 5.41 Å². The first-order valence-electron chi connectivity index (χ1n) is 5.60. The van der Waals surface area contributed by atoms with Gasteiger partial charge in [0.2, 0.25) is 0 Å². The predicted octanol–water partition coefficient (Wildman–Crippen LogP) is 2.90.